The van der Waals surface area contributed by atoms with Gasteiger partial charge in [-0.3, -0.25) is 4.79 Å². The van der Waals surface area contributed by atoms with Crippen LogP contribution in [0.1, 0.15) is 27.1 Å². The van der Waals surface area contributed by atoms with Crippen molar-refractivity contribution in [2.24, 2.45) is 0 Å². The lowest BCUT2D eigenvalue weighted by molar-refractivity contribution is -0.115. The molecular weight excluding hydrogens is 373 g/mol. The van der Waals surface area contributed by atoms with Crippen LogP contribution >= 0.6 is 39.1 Å². The first-order valence-corrected chi connectivity index (χ1v) is 8.15. The summed E-state index contributed by atoms with van der Waals surface area (Å²) in [6.07, 6.45) is 0.402. The number of alkyl halides is 1. The minimum atomic E-state index is -0.0398. The summed E-state index contributed by atoms with van der Waals surface area (Å²) in [4.78, 5) is 11.4. The van der Waals surface area contributed by atoms with E-state index in [0.717, 1.165) is 33.0 Å². The average molecular weight is 385 g/mol. The van der Waals surface area contributed by atoms with Crippen molar-refractivity contribution in [2.75, 3.05) is 5.32 Å². The van der Waals surface area contributed by atoms with E-state index in [0.29, 0.717) is 11.4 Å². The largest absolute Gasteiger partial charge is 0.325 e. The molecule has 1 amide bonds. The Hall–Kier alpha value is -1.03. The number of carbonyl (C=O) groups is 1. The number of amides is 1. The summed E-state index contributed by atoms with van der Waals surface area (Å²) in [5.41, 5.74) is 4.84. The van der Waals surface area contributed by atoms with Crippen LogP contribution in [0.2, 0.25) is 10.0 Å². The van der Waals surface area contributed by atoms with E-state index < -0.39 is 0 Å². The zero-order valence-corrected chi connectivity index (χ0v) is 14.3. The number of anilines is 1. The van der Waals surface area contributed by atoms with E-state index in [-0.39, 0.29) is 10.7 Å². The fourth-order valence-electron chi connectivity index (χ4n) is 2.47. The van der Waals surface area contributed by atoms with Crippen molar-refractivity contribution in [3.63, 3.8) is 0 Å². The molecule has 0 fully saturated rings. The van der Waals surface area contributed by atoms with Gasteiger partial charge in [0.15, 0.2) is 0 Å². The minimum absolute atomic E-state index is 0.00618. The molecule has 0 aliphatic carbocycles. The highest BCUT2D eigenvalue weighted by atomic mass is 79.9. The third-order valence-corrected chi connectivity index (χ3v) is 5.37. The van der Waals surface area contributed by atoms with E-state index in [1.165, 1.54) is 0 Å². The predicted octanol–water partition coefficient (Wildman–Crippen LogP) is 5.28. The van der Waals surface area contributed by atoms with Gasteiger partial charge in [0.1, 0.15) is 0 Å². The van der Waals surface area contributed by atoms with Gasteiger partial charge in [-0.1, -0.05) is 57.3 Å². The fourth-order valence-corrected chi connectivity index (χ4v) is 3.65. The van der Waals surface area contributed by atoms with Crippen molar-refractivity contribution in [3.8, 4) is 0 Å². The number of carbonyl (C=O) groups excluding carboxylic acids is 1. The van der Waals surface area contributed by atoms with Crippen LogP contribution in [0.3, 0.4) is 0 Å². The maximum absolute atomic E-state index is 11.5. The maximum Gasteiger partial charge on any atom is 0.228 e. The molecule has 0 aromatic heterocycles. The van der Waals surface area contributed by atoms with Gasteiger partial charge in [-0.2, -0.15) is 0 Å². The SMILES string of the molecule is Cc1cc(C(Br)c2cc3c(cc2Cl)NC(=O)C3)ccc1Cl. The van der Waals surface area contributed by atoms with Crippen molar-refractivity contribution in [2.45, 2.75) is 18.2 Å². The van der Waals surface area contributed by atoms with E-state index in [2.05, 4.69) is 21.2 Å². The van der Waals surface area contributed by atoms with Crippen LogP contribution in [0.5, 0.6) is 0 Å². The standard InChI is InChI=1S/C16H12BrCl2NO/c1-8-4-9(2-3-12(8)18)16(17)11-5-10-6-15(21)20-14(10)7-13(11)19/h2-5,7,16H,6H2,1H3,(H,20,21). The van der Waals surface area contributed by atoms with E-state index in [1.807, 2.05) is 37.3 Å². The van der Waals surface area contributed by atoms with E-state index >= 15 is 0 Å². The molecule has 1 N–H and O–H groups in total. The van der Waals surface area contributed by atoms with Gasteiger partial charge in [0.05, 0.1) is 11.2 Å². The normalized spacial score (nSPS) is 14.8. The zero-order valence-electron chi connectivity index (χ0n) is 11.2. The van der Waals surface area contributed by atoms with Gasteiger partial charge in [-0.15, -0.1) is 0 Å². The Balaban J connectivity index is 2.02. The third kappa shape index (κ3) is 2.83. The van der Waals surface area contributed by atoms with Crippen LogP contribution in [-0.4, -0.2) is 5.91 Å². The van der Waals surface area contributed by atoms with Gasteiger partial charge < -0.3 is 5.32 Å². The lowest BCUT2D eigenvalue weighted by Gasteiger charge is -2.15. The van der Waals surface area contributed by atoms with Gasteiger partial charge in [-0.25, -0.2) is 0 Å². The Kier molecular flexibility index (Phi) is 4.00. The molecule has 1 unspecified atom stereocenters. The molecule has 2 nitrogen and oxygen atoms in total. The van der Waals surface area contributed by atoms with Crippen LogP contribution in [0.4, 0.5) is 5.69 Å². The summed E-state index contributed by atoms with van der Waals surface area (Å²) in [5.74, 6) is 0.00618. The first-order chi connectivity index (χ1) is 9.95. The molecule has 1 atom stereocenters. The lowest BCUT2D eigenvalue weighted by atomic mass is 10.00. The molecule has 1 aliphatic heterocycles. The first-order valence-electron chi connectivity index (χ1n) is 6.48. The monoisotopic (exact) mass is 383 g/mol. The molecule has 0 saturated heterocycles. The van der Waals surface area contributed by atoms with Crippen molar-refractivity contribution < 1.29 is 4.79 Å². The summed E-state index contributed by atoms with van der Waals surface area (Å²) in [6.45, 7) is 1.97. The predicted molar refractivity (Wildman–Crippen MR) is 90.7 cm³/mol. The number of hydrogen-bond donors (Lipinski definition) is 1. The molecule has 108 valence electrons. The van der Waals surface area contributed by atoms with Crippen LogP contribution < -0.4 is 5.32 Å². The molecule has 0 radical (unpaired) electrons. The highest BCUT2D eigenvalue weighted by molar-refractivity contribution is 9.09. The number of fused-ring (bicyclic) bond motifs is 1. The van der Waals surface area contributed by atoms with Gasteiger partial charge in [0.25, 0.3) is 0 Å². The third-order valence-electron chi connectivity index (χ3n) is 3.60. The second-order valence-electron chi connectivity index (χ2n) is 5.13. The van der Waals surface area contributed by atoms with Gasteiger partial charge in [0.2, 0.25) is 5.91 Å². The molecule has 0 bridgehead atoms. The van der Waals surface area contributed by atoms with Crippen LogP contribution in [0.15, 0.2) is 30.3 Å². The maximum atomic E-state index is 11.5. The van der Waals surface area contributed by atoms with Crippen molar-refractivity contribution in [1.29, 1.82) is 0 Å². The average Bonchev–Trinajstić information content (AvgIpc) is 2.79. The molecule has 0 saturated carbocycles. The van der Waals surface area contributed by atoms with Gasteiger partial charge in [0, 0.05) is 15.7 Å². The molecule has 0 spiro atoms. The molecule has 2 aromatic rings. The second-order valence-corrected chi connectivity index (χ2v) is 6.86. The Morgan fingerprint density at radius 1 is 1.19 bits per heavy atom. The topological polar surface area (TPSA) is 29.1 Å². The summed E-state index contributed by atoms with van der Waals surface area (Å²) in [6, 6.07) is 9.69. The Morgan fingerprint density at radius 2 is 1.95 bits per heavy atom. The van der Waals surface area contributed by atoms with Crippen LogP contribution in [0, 0.1) is 6.92 Å². The highest BCUT2D eigenvalue weighted by Crippen LogP contribution is 2.40. The van der Waals surface area contributed by atoms with Crippen LogP contribution in [0.25, 0.3) is 0 Å². The number of rotatable bonds is 2. The van der Waals surface area contributed by atoms with Crippen molar-refractivity contribution >= 4 is 50.7 Å². The van der Waals surface area contributed by atoms with Crippen molar-refractivity contribution in [1.82, 2.24) is 0 Å². The van der Waals surface area contributed by atoms with E-state index in [4.69, 9.17) is 23.2 Å². The van der Waals surface area contributed by atoms with E-state index in [1.54, 1.807) is 0 Å². The Bertz CT molecular complexity index is 745. The molecule has 21 heavy (non-hydrogen) atoms. The molecule has 2 aromatic carbocycles. The second kappa shape index (κ2) is 5.64. The summed E-state index contributed by atoms with van der Waals surface area (Å²) >= 11 is 16.1. The summed E-state index contributed by atoms with van der Waals surface area (Å²) < 4.78 is 0. The zero-order chi connectivity index (χ0) is 15.1. The first kappa shape index (κ1) is 14.9. The number of halogens is 3. The number of aryl methyl sites for hydroxylation is 1. The lowest BCUT2D eigenvalue weighted by Crippen LogP contribution is -2.03. The molecule has 1 aliphatic rings. The van der Waals surface area contributed by atoms with Crippen LogP contribution in [-0.2, 0) is 11.2 Å². The summed E-state index contributed by atoms with van der Waals surface area (Å²) in [5, 5.41) is 4.18. The Morgan fingerprint density at radius 3 is 2.67 bits per heavy atom. The smallest absolute Gasteiger partial charge is 0.228 e. The molecule has 3 rings (SSSR count). The van der Waals surface area contributed by atoms with E-state index in [9.17, 15) is 4.79 Å². The van der Waals surface area contributed by atoms with Gasteiger partial charge in [-0.05, 0) is 41.3 Å². The number of nitrogens with one attached hydrogen (secondary N) is 1. The number of benzene rings is 2. The highest BCUT2D eigenvalue weighted by Gasteiger charge is 2.22. The Labute approximate surface area is 141 Å². The fraction of sp³-hybridized carbons (Fsp3) is 0.188. The molecular formula is C16H12BrCl2NO. The van der Waals surface area contributed by atoms with Gasteiger partial charge >= 0.3 is 0 Å². The number of hydrogen-bond acceptors (Lipinski definition) is 1. The molecule has 5 heteroatoms. The molecule has 1 heterocycles. The van der Waals surface area contributed by atoms with Crippen molar-refractivity contribution in [3.05, 3.63) is 62.6 Å². The summed E-state index contributed by atoms with van der Waals surface area (Å²) in [7, 11) is 0. The minimum Gasteiger partial charge on any atom is -0.325 e. The quantitative estimate of drug-likeness (QED) is 0.701.